The molecule has 30 heavy (non-hydrogen) atoms. The molecule has 0 aliphatic rings. The highest BCUT2D eigenvalue weighted by Crippen LogP contribution is 2.22. The van der Waals surface area contributed by atoms with Crippen LogP contribution in [0.5, 0.6) is 0 Å². The summed E-state index contributed by atoms with van der Waals surface area (Å²) >= 11 is 0. The molecule has 0 amide bonds. The van der Waals surface area contributed by atoms with Gasteiger partial charge in [0.1, 0.15) is 0 Å². The first kappa shape index (κ1) is 19.6. The molecule has 0 heterocycles. The van der Waals surface area contributed by atoms with Crippen molar-refractivity contribution in [1.29, 1.82) is 0 Å². The molecular weight excluding hydrogens is 374 g/mol. The van der Waals surface area contributed by atoms with Crippen LogP contribution in [0, 0.1) is 23.5 Å². The van der Waals surface area contributed by atoms with Crippen molar-refractivity contribution in [2.45, 2.75) is 12.8 Å². The van der Waals surface area contributed by atoms with E-state index in [1.807, 2.05) is 18.2 Å². The van der Waals surface area contributed by atoms with E-state index in [-0.39, 0.29) is 5.39 Å². The Labute approximate surface area is 175 Å². The zero-order chi connectivity index (χ0) is 20.9. The molecule has 146 valence electrons. The lowest BCUT2D eigenvalue weighted by molar-refractivity contribution is 0.517. The van der Waals surface area contributed by atoms with Gasteiger partial charge in [0.25, 0.3) is 0 Å². The van der Waals surface area contributed by atoms with Gasteiger partial charge in [0, 0.05) is 16.5 Å². The average molecular weight is 394 g/mol. The van der Waals surface area contributed by atoms with E-state index in [1.165, 1.54) is 11.1 Å². The Bertz CT molecular complexity index is 1250. The molecule has 0 aromatic heterocycles. The molecule has 0 aliphatic heterocycles. The molecule has 0 N–H and O–H groups in total. The van der Waals surface area contributed by atoms with E-state index in [4.69, 9.17) is 0 Å². The van der Waals surface area contributed by atoms with E-state index in [1.54, 1.807) is 24.3 Å². The highest BCUT2D eigenvalue weighted by molar-refractivity contribution is 5.84. The van der Waals surface area contributed by atoms with Crippen LogP contribution in [0.4, 0.5) is 8.78 Å². The summed E-state index contributed by atoms with van der Waals surface area (Å²) in [6.45, 7) is 3.76. The van der Waals surface area contributed by atoms with Crippen molar-refractivity contribution in [3.63, 3.8) is 0 Å². The number of rotatable bonds is 4. The van der Waals surface area contributed by atoms with Gasteiger partial charge in [-0.25, -0.2) is 8.78 Å². The first-order chi connectivity index (χ1) is 14.6. The van der Waals surface area contributed by atoms with Crippen LogP contribution in [-0.4, -0.2) is 0 Å². The molecular formula is C28H20F2. The maximum atomic E-state index is 13.8. The van der Waals surface area contributed by atoms with Gasteiger partial charge in [-0.2, -0.15) is 0 Å². The molecule has 0 fully saturated rings. The van der Waals surface area contributed by atoms with Crippen molar-refractivity contribution in [1.82, 2.24) is 0 Å². The van der Waals surface area contributed by atoms with Crippen LogP contribution in [-0.2, 0) is 6.42 Å². The Hall–Kier alpha value is -3.70. The van der Waals surface area contributed by atoms with Crippen LogP contribution in [0.3, 0.4) is 0 Å². The van der Waals surface area contributed by atoms with E-state index in [0.29, 0.717) is 5.39 Å². The van der Waals surface area contributed by atoms with Gasteiger partial charge in [0.2, 0.25) is 0 Å². The Morgan fingerprint density at radius 2 is 1.37 bits per heavy atom. The molecule has 0 nitrogen and oxygen atoms in total. The fourth-order valence-corrected chi connectivity index (χ4v) is 3.37. The van der Waals surface area contributed by atoms with Crippen LogP contribution in [0.25, 0.3) is 21.9 Å². The van der Waals surface area contributed by atoms with E-state index < -0.39 is 11.6 Å². The molecule has 2 heteroatoms. The van der Waals surface area contributed by atoms with E-state index in [9.17, 15) is 8.78 Å². The zero-order valence-electron chi connectivity index (χ0n) is 16.5. The number of benzene rings is 4. The van der Waals surface area contributed by atoms with Crippen molar-refractivity contribution in [2.75, 3.05) is 0 Å². The summed E-state index contributed by atoms with van der Waals surface area (Å²) in [5.41, 5.74) is 5.26. The normalized spacial score (nSPS) is 10.5. The number of halogens is 2. The van der Waals surface area contributed by atoms with Gasteiger partial charge in [-0.05, 0) is 65.3 Å². The number of hydrogen-bond donors (Lipinski definition) is 0. The lowest BCUT2D eigenvalue weighted by atomic mass is 10.0. The molecule has 0 unspecified atom stereocenters. The SMILES string of the molecule is C=CCCc1ccc(-c2ccc(C#Cc3ccc4c(F)c(F)ccc4c3)cc2)cc1. The molecule has 4 aromatic carbocycles. The molecule has 4 rings (SSSR count). The monoisotopic (exact) mass is 394 g/mol. The standard InChI is InChI=1S/C28H20F2/c1-2-3-4-20-7-12-23(13-8-20)24-14-9-21(10-15-24)5-6-22-11-17-26-25(19-22)16-18-27(29)28(26)30/h2,7-19H,1,3-4H2. The van der Waals surface area contributed by atoms with Crippen molar-refractivity contribution < 1.29 is 8.78 Å². The Morgan fingerprint density at radius 3 is 2.07 bits per heavy atom. The second kappa shape index (κ2) is 8.76. The fourth-order valence-electron chi connectivity index (χ4n) is 3.37. The van der Waals surface area contributed by atoms with Gasteiger partial charge in [-0.3, -0.25) is 0 Å². The first-order valence-electron chi connectivity index (χ1n) is 9.84. The van der Waals surface area contributed by atoms with Crippen LogP contribution < -0.4 is 0 Å². The Kier molecular flexibility index (Phi) is 5.72. The van der Waals surface area contributed by atoms with Gasteiger partial charge in [-0.1, -0.05) is 66.4 Å². The summed E-state index contributed by atoms with van der Waals surface area (Å²) in [4.78, 5) is 0. The fraction of sp³-hybridized carbons (Fsp3) is 0.0714. The summed E-state index contributed by atoms with van der Waals surface area (Å²) in [6, 6.07) is 24.4. The molecule has 0 aliphatic carbocycles. The number of fused-ring (bicyclic) bond motifs is 1. The third-order valence-electron chi connectivity index (χ3n) is 5.07. The summed E-state index contributed by atoms with van der Waals surface area (Å²) in [5, 5.41) is 0.896. The van der Waals surface area contributed by atoms with E-state index >= 15 is 0 Å². The topological polar surface area (TPSA) is 0 Å². The third-order valence-corrected chi connectivity index (χ3v) is 5.07. The van der Waals surface area contributed by atoms with Gasteiger partial charge < -0.3 is 0 Å². The number of allylic oxidation sites excluding steroid dienone is 1. The van der Waals surface area contributed by atoms with Crippen LogP contribution >= 0.6 is 0 Å². The van der Waals surface area contributed by atoms with Gasteiger partial charge in [-0.15, -0.1) is 6.58 Å². The van der Waals surface area contributed by atoms with Crippen molar-refractivity contribution in [2.24, 2.45) is 0 Å². The molecule has 0 bridgehead atoms. The minimum Gasteiger partial charge on any atom is -0.204 e. The van der Waals surface area contributed by atoms with E-state index in [0.717, 1.165) is 35.6 Å². The van der Waals surface area contributed by atoms with Gasteiger partial charge in [0.15, 0.2) is 11.6 Å². The van der Waals surface area contributed by atoms with Crippen molar-refractivity contribution in [3.05, 3.63) is 120 Å². The van der Waals surface area contributed by atoms with Crippen molar-refractivity contribution >= 4 is 10.8 Å². The number of aryl methyl sites for hydroxylation is 1. The smallest absolute Gasteiger partial charge is 0.166 e. The van der Waals surface area contributed by atoms with E-state index in [2.05, 4.69) is 54.8 Å². The minimum absolute atomic E-state index is 0.264. The van der Waals surface area contributed by atoms with Crippen LogP contribution in [0.1, 0.15) is 23.1 Å². The molecule has 4 aromatic rings. The summed E-state index contributed by atoms with van der Waals surface area (Å²) < 4.78 is 27.2. The average Bonchev–Trinajstić information content (AvgIpc) is 2.79. The first-order valence-corrected chi connectivity index (χ1v) is 9.84. The highest BCUT2D eigenvalue weighted by Gasteiger charge is 2.06. The quantitative estimate of drug-likeness (QED) is 0.252. The summed E-state index contributed by atoms with van der Waals surface area (Å²) in [5.74, 6) is 4.57. The Morgan fingerprint density at radius 1 is 0.733 bits per heavy atom. The van der Waals surface area contributed by atoms with Crippen LogP contribution in [0.15, 0.2) is 91.5 Å². The second-order valence-electron chi connectivity index (χ2n) is 7.15. The summed E-state index contributed by atoms with van der Waals surface area (Å²) in [6.07, 6.45) is 3.92. The molecule has 0 radical (unpaired) electrons. The maximum absolute atomic E-state index is 13.8. The molecule has 0 atom stereocenters. The second-order valence-corrected chi connectivity index (χ2v) is 7.15. The lowest BCUT2D eigenvalue weighted by Gasteiger charge is -2.04. The van der Waals surface area contributed by atoms with Crippen LogP contribution in [0.2, 0.25) is 0 Å². The molecule has 0 saturated carbocycles. The lowest BCUT2D eigenvalue weighted by Crippen LogP contribution is -1.87. The Balaban J connectivity index is 1.52. The highest BCUT2D eigenvalue weighted by atomic mass is 19.2. The largest absolute Gasteiger partial charge is 0.204 e. The minimum atomic E-state index is -0.840. The van der Waals surface area contributed by atoms with Gasteiger partial charge in [0.05, 0.1) is 0 Å². The maximum Gasteiger partial charge on any atom is 0.166 e. The summed E-state index contributed by atoms with van der Waals surface area (Å²) in [7, 11) is 0. The third kappa shape index (κ3) is 4.31. The number of hydrogen-bond acceptors (Lipinski definition) is 0. The zero-order valence-corrected chi connectivity index (χ0v) is 16.5. The predicted molar refractivity (Wildman–Crippen MR) is 120 cm³/mol. The van der Waals surface area contributed by atoms with Gasteiger partial charge >= 0.3 is 0 Å². The van der Waals surface area contributed by atoms with Crippen molar-refractivity contribution in [3.8, 4) is 23.0 Å². The molecule has 0 spiro atoms. The predicted octanol–water partition coefficient (Wildman–Crippen LogP) is 7.30. The molecule has 0 saturated heterocycles.